The number of nitrogens with zero attached hydrogens (tertiary/aromatic N) is 1. The Morgan fingerprint density at radius 1 is 1.39 bits per heavy atom. The molecule has 3 N–H and O–H groups in total. The van der Waals surface area contributed by atoms with Gasteiger partial charge in [0.1, 0.15) is 5.69 Å². The van der Waals surface area contributed by atoms with Crippen LogP contribution in [0.5, 0.6) is 0 Å². The van der Waals surface area contributed by atoms with Gasteiger partial charge in [-0.1, -0.05) is 19.1 Å². The number of rotatable bonds is 4. The highest BCUT2D eigenvalue weighted by atomic mass is 16.4. The van der Waals surface area contributed by atoms with Crippen LogP contribution in [0.3, 0.4) is 0 Å². The lowest BCUT2D eigenvalue weighted by atomic mass is 10.1. The number of carbonyl (C=O) groups is 1. The van der Waals surface area contributed by atoms with E-state index in [0.29, 0.717) is 12.2 Å². The van der Waals surface area contributed by atoms with Crippen LogP contribution in [0.25, 0.3) is 0 Å². The maximum atomic E-state index is 11.0. The van der Waals surface area contributed by atoms with Crippen LogP contribution >= 0.6 is 0 Å². The van der Waals surface area contributed by atoms with Crippen molar-refractivity contribution < 1.29 is 9.90 Å². The topological polar surface area (TPSA) is 68.2 Å². The Labute approximate surface area is 106 Å². The molecule has 18 heavy (non-hydrogen) atoms. The van der Waals surface area contributed by atoms with Crippen LogP contribution in [0.4, 0.5) is 5.69 Å². The molecule has 0 bridgehead atoms. The van der Waals surface area contributed by atoms with Gasteiger partial charge in [-0.2, -0.15) is 0 Å². The molecular weight excluding hydrogens is 228 g/mol. The van der Waals surface area contributed by atoms with Crippen LogP contribution in [0.2, 0.25) is 0 Å². The molecule has 0 atom stereocenters. The van der Waals surface area contributed by atoms with Crippen molar-refractivity contribution in [2.24, 2.45) is 0 Å². The first-order chi connectivity index (χ1) is 8.61. The molecule has 0 saturated carbocycles. The zero-order chi connectivity index (χ0) is 13.1. The summed E-state index contributed by atoms with van der Waals surface area (Å²) in [5.41, 5.74) is 9.04. The van der Waals surface area contributed by atoms with E-state index in [1.165, 1.54) is 5.56 Å². The van der Waals surface area contributed by atoms with Crippen LogP contribution in [-0.2, 0) is 13.0 Å². The minimum Gasteiger partial charge on any atom is -0.477 e. The number of hydrogen-bond acceptors (Lipinski definition) is 2. The van der Waals surface area contributed by atoms with E-state index in [2.05, 4.69) is 6.92 Å². The van der Waals surface area contributed by atoms with Gasteiger partial charge in [-0.15, -0.1) is 0 Å². The first-order valence-corrected chi connectivity index (χ1v) is 5.87. The lowest BCUT2D eigenvalue weighted by Crippen LogP contribution is -2.10. The van der Waals surface area contributed by atoms with Gasteiger partial charge in [0, 0.05) is 18.4 Å². The number of nitrogen functional groups attached to an aromatic ring is 1. The van der Waals surface area contributed by atoms with Gasteiger partial charge in [-0.25, -0.2) is 4.79 Å². The number of anilines is 1. The largest absolute Gasteiger partial charge is 0.477 e. The SMILES string of the molecule is CCc1ccc(N)c(Cn2cccc2C(=O)O)c1. The summed E-state index contributed by atoms with van der Waals surface area (Å²) >= 11 is 0. The first kappa shape index (κ1) is 12.2. The molecule has 1 aromatic carbocycles. The summed E-state index contributed by atoms with van der Waals surface area (Å²) in [7, 11) is 0. The number of hydrogen-bond donors (Lipinski definition) is 2. The molecule has 0 radical (unpaired) electrons. The fourth-order valence-corrected chi connectivity index (χ4v) is 1.95. The zero-order valence-corrected chi connectivity index (χ0v) is 10.3. The third kappa shape index (κ3) is 2.37. The molecular formula is C14H16N2O2. The van der Waals surface area contributed by atoms with Crippen LogP contribution in [0.15, 0.2) is 36.5 Å². The molecule has 94 valence electrons. The van der Waals surface area contributed by atoms with Gasteiger partial charge in [0.05, 0.1) is 0 Å². The predicted molar refractivity (Wildman–Crippen MR) is 70.7 cm³/mol. The van der Waals surface area contributed by atoms with Gasteiger partial charge in [0.15, 0.2) is 0 Å². The van der Waals surface area contributed by atoms with Crippen molar-refractivity contribution in [1.29, 1.82) is 0 Å². The summed E-state index contributed by atoms with van der Waals surface area (Å²) in [6, 6.07) is 9.21. The van der Waals surface area contributed by atoms with E-state index < -0.39 is 5.97 Å². The Bertz CT molecular complexity index is 573. The normalized spacial score (nSPS) is 10.5. The van der Waals surface area contributed by atoms with Gasteiger partial charge in [0.2, 0.25) is 0 Å². The molecule has 0 spiro atoms. The Kier molecular flexibility index (Phi) is 3.37. The molecule has 4 nitrogen and oxygen atoms in total. The first-order valence-electron chi connectivity index (χ1n) is 5.87. The maximum absolute atomic E-state index is 11.0. The van der Waals surface area contributed by atoms with Crippen LogP contribution < -0.4 is 5.73 Å². The average Bonchev–Trinajstić information content (AvgIpc) is 2.80. The van der Waals surface area contributed by atoms with Crippen molar-refractivity contribution in [2.45, 2.75) is 19.9 Å². The van der Waals surface area contributed by atoms with Crippen LogP contribution in [0, 0.1) is 0 Å². The lowest BCUT2D eigenvalue weighted by Gasteiger charge is -2.10. The summed E-state index contributed by atoms with van der Waals surface area (Å²) < 4.78 is 1.69. The van der Waals surface area contributed by atoms with E-state index in [9.17, 15) is 4.79 Å². The van der Waals surface area contributed by atoms with E-state index in [4.69, 9.17) is 10.8 Å². The molecule has 1 aromatic heterocycles. The number of benzene rings is 1. The monoisotopic (exact) mass is 244 g/mol. The summed E-state index contributed by atoms with van der Waals surface area (Å²) in [6.45, 7) is 2.56. The van der Waals surface area contributed by atoms with Crippen molar-refractivity contribution in [2.75, 3.05) is 5.73 Å². The van der Waals surface area contributed by atoms with E-state index in [0.717, 1.165) is 12.0 Å². The summed E-state index contributed by atoms with van der Waals surface area (Å²) in [5.74, 6) is -0.926. The van der Waals surface area contributed by atoms with Crippen molar-refractivity contribution >= 4 is 11.7 Å². The van der Waals surface area contributed by atoms with Gasteiger partial charge >= 0.3 is 5.97 Å². The molecule has 1 heterocycles. The zero-order valence-electron chi connectivity index (χ0n) is 10.3. The van der Waals surface area contributed by atoms with Crippen molar-refractivity contribution in [3.63, 3.8) is 0 Å². The number of aromatic carboxylic acids is 1. The maximum Gasteiger partial charge on any atom is 0.352 e. The Morgan fingerprint density at radius 2 is 2.17 bits per heavy atom. The molecule has 0 aliphatic heterocycles. The van der Waals surface area contributed by atoms with E-state index >= 15 is 0 Å². The minimum atomic E-state index is -0.926. The third-order valence-corrected chi connectivity index (χ3v) is 3.00. The Morgan fingerprint density at radius 3 is 2.83 bits per heavy atom. The van der Waals surface area contributed by atoms with Crippen molar-refractivity contribution in [1.82, 2.24) is 4.57 Å². The van der Waals surface area contributed by atoms with Crippen molar-refractivity contribution in [3.05, 3.63) is 53.3 Å². The molecule has 0 fully saturated rings. The van der Waals surface area contributed by atoms with Crippen LogP contribution in [0.1, 0.15) is 28.5 Å². The molecule has 4 heteroatoms. The van der Waals surface area contributed by atoms with E-state index in [1.54, 1.807) is 22.9 Å². The molecule has 0 aliphatic rings. The Hall–Kier alpha value is -2.23. The fourth-order valence-electron chi connectivity index (χ4n) is 1.95. The Balaban J connectivity index is 2.33. The molecule has 2 rings (SSSR count). The predicted octanol–water partition coefficient (Wildman–Crippen LogP) is 2.38. The third-order valence-electron chi connectivity index (χ3n) is 3.00. The average molecular weight is 244 g/mol. The second-order valence-electron chi connectivity index (χ2n) is 4.21. The molecule has 0 amide bonds. The van der Waals surface area contributed by atoms with Gasteiger partial charge in [-0.3, -0.25) is 0 Å². The van der Waals surface area contributed by atoms with E-state index in [-0.39, 0.29) is 5.69 Å². The summed E-state index contributed by atoms with van der Waals surface area (Å²) in [4.78, 5) is 11.0. The lowest BCUT2D eigenvalue weighted by molar-refractivity contribution is 0.0685. The number of aromatic nitrogens is 1. The number of carboxylic acid groups (broad SMARTS) is 1. The van der Waals surface area contributed by atoms with Gasteiger partial charge in [0.25, 0.3) is 0 Å². The van der Waals surface area contributed by atoms with E-state index in [1.807, 2.05) is 18.2 Å². The highest BCUT2D eigenvalue weighted by molar-refractivity contribution is 5.85. The van der Waals surface area contributed by atoms with Crippen LogP contribution in [-0.4, -0.2) is 15.6 Å². The quantitative estimate of drug-likeness (QED) is 0.811. The number of aryl methyl sites for hydroxylation is 1. The smallest absolute Gasteiger partial charge is 0.352 e. The fraction of sp³-hybridized carbons (Fsp3) is 0.214. The second-order valence-corrected chi connectivity index (χ2v) is 4.21. The number of carboxylic acids is 1. The summed E-state index contributed by atoms with van der Waals surface area (Å²) in [5, 5.41) is 9.05. The highest BCUT2D eigenvalue weighted by Gasteiger charge is 2.10. The van der Waals surface area contributed by atoms with Gasteiger partial charge in [-0.05, 0) is 35.7 Å². The molecule has 0 aliphatic carbocycles. The number of nitrogens with two attached hydrogens (primary N) is 1. The second kappa shape index (κ2) is 4.96. The van der Waals surface area contributed by atoms with Crippen molar-refractivity contribution in [3.8, 4) is 0 Å². The molecule has 0 saturated heterocycles. The minimum absolute atomic E-state index is 0.274. The highest BCUT2D eigenvalue weighted by Crippen LogP contribution is 2.17. The van der Waals surface area contributed by atoms with Gasteiger partial charge < -0.3 is 15.4 Å². The molecule has 2 aromatic rings. The molecule has 0 unspecified atom stereocenters. The standard InChI is InChI=1S/C14H16N2O2/c1-2-10-5-6-12(15)11(8-10)9-16-7-3-4-13(16)14(17)18/h3-8H,2,9,15H2,1H3,(H,17,18). The summed E-state index contributed by atoms with van der Waals surface area (Å²) in [6.07, 6.45) is 2.69.